The molecule has 0 saturated carbocycles. The normalized spacial score (nSPS) is 10.3. The van der Waals surface area contributed by atoms with Crippen molar-refractivity contribution in [3.63, 3.8) is 0 Å². The number of hydrogen-bond acceptors (Lipinski definition) is 5. The van der Waals surface area contributed by atoms with Crippen LogP contribution in [0.4, 0.5) is 5.69 Å². The lowest BCUT2D eigenvalue weighted by Crippen LogP contribution is -2.32. The molecule has 8 heteroatoms. The number of para-hydroxylation sites is 1. The van der Waals surface area contributed by atoms with Crippen LogP contribution in [0.3, 0.4) is 0 Å². The Bertz CT molecular complexity index is 831. The minimum Gasteiger partial charge on any atom is -0.482 e. The van der Waals surface area contributed by atoms with Crippen LogP contribution in [0.5, 0.6) is 5.75 Å². The van der Waals surface area contributed by atoms with Gasteiger partial charge in [0.2, 0.25) is 0 Å². The van der Waals surface area contributed by atoms with Crippen molar-refractivity contribution in [1.82, 2.24) is 5.43 Å². The first kappa shape index (κ1) is 18.7. The molecule has 0 atom stereocenters. The van der Waals surface area contributed by atoms with E-state index in [9.17, 15) is 14.4 Å². The van der Waals surface area contributed by atoms with Crippen molar-refractivity contribution in [2.24, 2.45) is 5.10 Å². The molecule has 2 amide bonds. The van der Waals surface area contributed by atoms with Crippen molar-refractivity contribution < 1.29 is 24.2 Å². The number of carbonyl (C=O) groups is 3. The first-order valence-corrected chi connectivity index (χ1v) is 7.60. The lowest BCUT2D eigenvalue weighted by Gasteiger charge is -2.06. The summed E-state index contributed by atoms with van der Waals surface area (Å²) in [6, 6.07) is 13.5. The van der Waals surface area contributed by atoms with Crippen molar-refractivity contribution in [3.8, 4) is 5.75 Å². The fraction of sp³-hybridized carbons (Fsp3) is 0.111. The van der Waals surface area contributed by atoms with Crippen molar-refractivity contribution in [2.75, 3.05) is 11.9 Å². The number of hydrazone groups is 1. The number of aliphatic carboxylic acids is 1. The Morgan fingerprint density at radius 2 is 1.77 bits per heavy atom. The third-order valence-corrected chi connectivity index (χ3v) is 3.22. The molecule has 0 unspecified atom stereocenters. The maximum Gasteiger partial charge on any atom is 0.341 e. The maximum atomic E-state index is 11.8. The minimum absolute atomic E-state index is 0.395. The van der Waals surface area contributed by atoms with Gasteiger partial charge in [0.15, 0.2) is 6.61 Å². The second kappa shape index (κ2) is 8.97. The van der Waals surface area contributed by atoms with E-state index in [0.717, 1.165) is 5.56 Å². The lowest BCUT2D eigenvalue weighted by molar-refractivity contribution is -0.139. The fourth-order valence-corrected chi connectivity index (χ4v) is 1.90. The Morgan fingerprint density at radius 1 is 1.08 bits per heavy atom. The van der Waals surface area contributed by atoms with E-state index < -0.39 is 24.4 Å². The zero-order valence-corrected chi connectivity index (χ0v) is 13.9. The van der Waals surface area contributed by atoms with Gasteiger partial charge in [0.25, 0.3) is 0 Å². The van der Waals surface area contributed by atoms with Gasteiger partial charge in [-0.3, -0.25) is 9.59 Å². The number of benzene rings is 2. The Labute approximate surface area is 149 Å². The minimum atomic E-state index is -1.07. The van der Waals surface area contributed by atoms with Crippen LogP contribution in [0.25, 0.3) is 0 Å². The molecule has 0 aliphatic carbocycles. The number of carboxylic acid groups (broad SMARTS) is 1. The molecule has 2 rings (SSSR count). The molecule has 0 fully saturated rings. The molecule has 0 bridgehead atoms. The Kier molecular flexibility index (Phi) is 6.44. The van der Waals surface area contributed by atoms with E-state index in [1.807, 2.05) is 19.1 Å². The van der Waals surface area contributed by atoms with Crippen molar-refractivity contribution in [2.45, 2.75) is 6.92 Å². The molecule has 0 aliphatic heterocycles. The van der Waals surface area contributed by atoms with E-state index in [1.165, 1.54) is 6.21 Å². The summed E-state index contributed by atoms with van der Waals surface area (Å²) in [5.41, 5.74) is 4.15. The molecule has 134 valence electrons. The van der Waals surface area contributed by atoms with E-state index >= 15 is 0 Å². The van der Waals surface area contributed by atoms with Crippen LogP contribution >= 0.6 is 0 Å². The first-order chi connectivity index (χ1) is 12.5. The van der Waals surface area contributed by atoms with E-state index in [-0.39, 0.29) is 0 Å². The number of aryl methyl sites for hydroxylation is 1. The summed E-state index contributed by atoms with van der Waals surface area (Å²) in [6.07, 6.45) is 1.35. The highest BCUT2D eigenvalue weighted by molar-refractivity contribution is 6.39. The number of rotatable bonds is 6. The number of amides is 2. The summed E-state index contributed by atoms with van der Waals surface area (Å²) in [5.74, 6) is -2.40. The van der Waals surface area contributed by atoms with Gasteiger partial charge in [0.05, 0.1) is 6.21 Å². The number of nitrogens with one attached hydrogen (secondary N) is 2. The summed E-state index contributed by atoms with van der Waals surface area (Å²) in [4.78, 5) is 34.0. The van der Waals surface area contributed by atoms with Crippen molar-refractivity contribution in [1.29, 1.82) is 0 Å². The Balaban J connectivity index is 1.85. The molecule has 2 aromatic carbocycles. The topological polar surface area (TPSA) is 117 Å². The largest absolute Gasteiger partial charge is 0.482 e. The number of nitrogens with zero attached hydrogens (tertiary/aromatic N) is 1. The predicted octanol–water partition coefficient (Wildman–Crippen LogP) is 1.55. The average Bonchev–Trinajstić information content (AvgIpc) is 2.62. The number of carbonyl (C=O) groups excluding carboxylic acids is 2. The van der Waals surface area contributed by atoms with Gasteiger partial charge in [-0.25, -0.2) is 10.2 Å². The van der Waals surface area contributed by atoms with E-state index in [2.05, 4.69) is 15.8 Å². The first-order valence-electron chi connectivity index (χ1n) is 7.60. The smallest absolute Gasteiger partial charge is 0.341 e. The van der Waals surface area contributed by atoms with E-state index in [1.54, 1.807) is 36.4 Å². The highest BCUT2D eigenvalue weighted by atomic mass is 16.5. The summed E-state index contributed by atoms with van der Waals surface area (Å²) in [7, 11) is 0. The molecule has 2 aromatic rings. The van der Waals surface area contributed by atoms with Gasteiger partial charge in [-0.2, -0.15) is 5.10 Å². The molecule has 8 nitrogen and oxygen atoms in total. The Hall–Kier alpha value is -3.68. The summed E-state index contributed by atoms with van der Waals surface area (Å²) in [6.45, 7) is 1.38. The van der Waals surface area contributed by atoms with Crippen LogP contribution in [0.1, 0.15) is 11.1 Å². The molecule has 3 N–H and O–H groups in total. The zero-order valence-electron chi connectivity index (χ0n) is 13.9. The SMILES string of the molecule is Cc1ccccc1NC(=O)C(=O)N/N=C\c1ccc(OCC(=O)O)cc1. The molecular formula is C18H17N3O5. The fourth-order valence-electron chi connectivity index (χ4n) is 1.90. The van der Waals surface area contributed by atoms with Gasteiger partial charge in [-0.05, 0) is 48.4 Å². The number of carboxylic acids is 1. The highest BCUT2D eigenvalue weighted by Gasteiger charge is 2.13. The van der Waals surface area contributed by atoms with Crippen LogP contribution in [0.15, 0.2) is 53.6 Å². The van der Waals surface area contributed by atoms with Crippen LogP contribution in [-0.4, -0.2) is 35.7 Å². The molecule has 0 spiro atoms. The summed E-state index contributed by atoms with van der Waals surface area (Å²) >= 11 is 0. The van der Waals surface area contributed by atoms with Crippen LogP contribution in [0.2, 0.25) is 0 Å². The molecule has 0 saturated heterocycles. The number of hydrogen-bond donors (Lipinski definition) is 3. The van der Waals surface area contributed by atoms with Crippen LogP contribution in [-0.2, 0) is 14.4 Å². The van der Waals surface area contributed by atoms with Crippen LogP contribution in [0, 0.1) is 6.92 Å². The van der Waals surface area contributed by atoms with Gasteiger partial charge in [0, 0.05) is 5.69 Å². The van der Waals surface area contributed by atoms with Crippen molar-refractivity contribution >= 4 is 29.7 Å². The monoisotopic (exact) mass is 355 g/mol. The molecule has 0 heterocycles. The molecule has 0 radical (unpaired) electrons. The summed E-state index contributed by atoms with van der Waals surface area (Å²) in [5, 5.41) is 14.7. The number of ether oxygens (including phenoxy) is 1. The van der Waals surface area contributed by atoms with Crippen LogP contribution < -0.4 is 15.5 Å². The van der Waals surface area contributed by atoms with Gasteiger partial charge >= 0.3 is 17.8 Å². The second-order valence-electron chi connectivity index (χ2n) is 5.22. The molecular weight excluding hydrogens is 338 g/mol. The third-order valence-electron chi connectivity index (χ3n) is 3.22. The van der Waals surface area contributed by atoms with E-state index in [0.29, 0.717) is 17.0 Å². The zero-order chi connectivity index (χ0) is 18.9. The quantitative estimate of drug-likeness (QED) is 0.413. The maximum absolute atomic E-state index is 11.8. The predicted molar refractivity (Wildman–Crippen MR) is 95.1 cm³/mol. The average molecular weight is 355 g/mol. The number of anilines is 1. The van der Waals surface area contributed by atoms with Gasteiger partial charge in [-0.1, -0.05) is 18.2 Å². The lowest BCUT2D eigenvalue weighted by atomic mass is 10.2. The van der Waals surface area contributed by atoms with E-state index in [4.69, 9.17) is 9.84 Å². The third kappa shape index (κ3) is 5.75. The Morgan fingerprint density at radius 3 is 2.42 bits per heavy atom. The van der Waals surface area contributed by atoms with Crippen molar-refractivity contribution in [3.05, 3.63) is 59.7 Å². The second-order valence-corrected chi connectivity index (χ2v) is 5.22. The molecule has 26 heavy (non-hydrogen) atoms. The highest BCUT2D eigenvalue weighted by Crippen LogP contribution is 2.13. The molecule has 0 aliphatic rings. The standard InChI is InChI=1S/C18H17N3O5/c1-12-4-2-3-5-15(12)20-17(24)18(25)21-19-10-13-6-8-14(9-7-13)26-11-16(22)23/h2-10H,11H2,1H3,(H,20,24)(H,21,25)(H,22,23)/b19-10-. The van der Waals surface area contributed by atoms with Gasteiger partial charge < -0.3 is 15.2 Å². The van der Waals surface area contributed by atoms with Gasteiger partial charge in [-0.15, -0.1) is 0 Å². The summed E-state index contributed by atoms with van der Waals surface area (Å²) < 4.78 is 5.00. The van der Waals surface area contributed by atoms with Gasteiger partial charge in [0.1, 0.15) is 5.75 Å². The molecule has 0 aromatic heterocycles.